The zero-order valence-corrected chi connectivity index (χ0v) is 22.6. The van der Waals surface area contributed by atoms with Crippen LogP contribution < -0.4 is 9.46 Å². The quantitative estimate of drug-likeness (QED) is 0.268. The number of Topliss-reactive ketones (excluding diaryl/α,β-unsaturated/α-hetero) is 1. The summed E-state index contributed by atoms with van der Waals surface area (Å²) in [4.78, 5) is 40.9. The average Bonchev–Trinajstić information content (AvgIpc) is 3.17. The van der Waals surface area contributed by atoms with E-state index < -0.39 is 33.8 Å². The van der Waals surface area contributed by atoms with Crippen molar-refractivity contribution in [2.45, 2.75) is 45.6 Å². The number of aryl methyl sites for hydroxylation is 1. The van der Waals surface area contributed by atoms with Gasteiger partial charge in [0, 0.05) is 11.4 Å². The lowest BCUT2D eigenvalue weighted by molar-refractivity contribution is 0.0316. The molecule has 1 unspecified atom stereocenters. The molecule has 2 aromatic carbocycles. The van der Waals surface area contributed by atoms with Crippen molar-refractivity contribution in [3.8, 4) is 5.75 Å². The Balaban J connectivity index is 1.72. The number of rotatable bonds is 11. The number of nitrogens with one attached hydrogen (secondary N) is 2. The van der Waals surface area contributed by atoms with Crippen LogP contribution in [0.1, 0.15) is 63.2 Å². The summed E-state index contributed by atoms with van der Waals surface area (Å²) in [5.41, 5.74) is 1.46. The standard InChI is InChI=1S/C27H30N2O8S/c1-6-35-21-11-13-22(14-12-21)38(33,34)29-20-10-8-9-19(15-20)26(31)37-18(5)25(30)24-16(3)23(17(4)28-24)27(32)36-7-2/h8-15,18,28-29H,6-7H2,1-5H3. The van der Waals surface area contributed by atoms with Crippen molar-refractivity contribution in [1.29, 1.82) is 0 Å². The summed E-state index contributed by atoms with van der Waals surface area (Å²) in [6.45, 7) is 8.82. The third-order valence-corrected chi connectivity index (χ3v) is 7.01. The predicted octanol–water partition coefficient (Wildman–Crippen LogP) is 4.44. The van der Waals surface area contributed by atoms with Crippen LogP contribution in [0.3, 0.4) is 0 Å². The molecule has 38 heavy (non-hydrogen) atoms. The van der Waals surface area contributed by atoms with Crippen LogP contribution in [0.25, 0.3) is 0 Å². The first-order chi connectivity index (χ1) is 18.0. The third-order valence-electron chi connectivity index (χ3n) is 5.61. The van der Waals surface area contributed by atoms with E-state index in [0.29, 0.717) is 23.6 Å². The number of aromatic nitrogens is 1. The molecule has 1 atom stereocenters. The minimum absolute atomic E-state index is 0.0203. The molecule has 3 rings (SSSR count). The van der Waals surface area contributed by atoms with E-state index >= 15 is 0 Å². The lowest BCUT2D eigenvalue weighted by atomic mass is 10.1. The van der Waals surface area contributed by atoms with Gasteiger partial charge in [-0.05, 0) is 82.6 Å². The first-order valence-electron chi connectivity index (χ1n) is 12.0. The lowest BCUT2D eigenvalue weighted by Crippen LogP contribution is -2.25. The maximum absolute atomic E-state index is 13.0. The van der Waals surface area contributed by atoms with Crippen LogP contribution in [0, 0.1) is 13.8 Å². The Morgan fingerprint density at radius 2 is 1.66 bits per heavy atom. The SMILES string of the molecule is CCOC(=O)c1c(C)[nH]c(C(=O)C(C)OC(=O)c2cccc(NS(=O)(=O)c3ccc(OCC)cc3)c2)c1C. The number of sulfonamides is 1. The second kappa shape index (κ2) is 12.0. The summed E-state index contributed by atoms with van der Waals surface area (Å²) < 4.78 is 43.7. The summed E-state index contributed by atoms with van der Waals surface area (Å²) in [5.74, 6) is -1.35. The second-order valence-electron chi connectivity index (χ2n) is 8.35. The van der Waals surface area contributed by atoms with Crippen molar-refractivity contribution >= 4 is 33.4 Å². The molecule has 0 aliphatic carbocycles. The Labute approximate surface area is 221 Å². The van der Waals surface area contributed by atoms with Crippen LogP contribution in [0.5, 0.6) is 5.75 Å². The second-order valence-corrected chi connectivity index (χ2v) is 10.0. The zero-order chi connectivity index (χ0) is 28.0. The predicted molar refractivity (Wildman–Crippen MR) is 140 cm³/mol. The number of benzene rings is 2. The lowest BCUT2D eigenvalue weighted by Gasteiger charge is -2.13. The molecule has 10 nitrogen and oxygen atoms in total. The van der Waals surface area contributed by atoms with Crippen LogP contribution in [0.4, 0.5) is 5.69 Å². The number of esters is 2. The van der Waals surface area contributed by atoms with Gasteiger partial charge >= 0.3 is 11.9 Å². The molecule has 202 valence electrons. The fraction of sp³-hybridized carbons (Fsp3) is 0.296. The van der Waals surface area contributed by atoms with E-state index in [4.69, 9.17) is 14.2 Å². The van der Waals surface area contributed by atoms with Crippen molar-refractivity contribution < 1.29 is 37.0 Å². The molecule has 11 heteroatoms. The highest BCUT2D eigenvalue weighted by Gasteiger charge is 2.28. The number of carbonyl (C=O) groups is 3. The van der Waals surface area contributed by atoms with E-state index in [1.165, 1.54) is 43.3 Å². The third kappa shape index (κ3) is 6.41. The fourth-order valence-corrected chi connectivity index (χ4v) is 4.85. The van der Waals surface area contributed by atoms with Crippen molar-refractivity contribution in [3.63, 3.8) is 0 Å². The van der Waals surface area contributed by atoms with E-state index in [2.05, 4.69) is 9.71 Å². The monoisotopic (exact) mass is 542 g/mol. The minimum Gasteiger partial charge on any atom is -0.494 e. The van der Waals surface area contributed by atoms with Crippen LogP contribution >= 0.6 is 0 Å². The van der Waals surface area contributed by atoms with E-state index in [-0.39, 0.29) is 34.0 Å². The first kappa shape index (κ1) is 28.5. The molecule has 0 spiro atoms. The Hall–Kier alpha value is -4.12. The number of hydrogen-bond donors (Lipinski definition) is 2. The van der Waals surface area contributed by atoms with E-state index in [1.807, 2.05) is 6.92 Å². The first-order valence-corrected chi connectivity index (χ1v) is 13.4. The number of ether oxygens (including phenoxy) is 3. The van der Waals surface area contributed by atoms with Gasteiger partial charge in [0.15, 0.2) is 6.10 Å². The molecule has 0 saturated carbocycles. The highest BCUT2D eigenvalue weighted by atomic mass is 32.2. The van der Waals surface area contributed by atoms with Gasteiger partial charge in [-0.25, -0.2) is 18.0 Å². The molecule has 0 amide bonds. The van der Waals surface area contributed by atoms with E-state index in [9.17, 15) is 22.8 Å². The van der Waals surface area contributed by atoms with Crippen molar-refractivity contribution in [2.75, 3.05) is 17.9 Å². The number of hydrogen-bond acceptors (Lipinski definition) is 8. The van der Waals surface area contributed by atoms with Gasteiger partial charge in [0.25, 0.3) is 10.0 Å². The van der Waals surface area contributed by atoms with Crippen LogP contribution in [-0.4, -0.2) is 50.4 Å². The fourth-order valence-electron chi connectivity index (χ4n) is 3.80. The Morgan fingerprint density at radius 1 is 0.974 bits per heavy atom. The van der Waals surface area contributed by atoms with Crippen LogP contribution in [0.2, 0.25) is 0 Å². The zero-order valence-electron chi connectivity index (χ0n) is 21.8. The van der Waals surface area contributed by atoms with Crippen molar-refractivity contribution in [2.24, 2.45) is 0 Å². The maximum atomic E-state index is 13.0. The molecular weight excluding hydrogens is 512 g/mol. The topological polar surface area (TPSA) is 141 Å². The van der Waals surface area contributed by atoms with Gasteiger partial charge in [0.2, 0.25) is 5.78 Å². The molecule has 0 fully saturated rings. The van der Waals surface area contributed by atoms with Crippen LogP contribution in [0.15, 0.2) is 53.4 Å². The summed E-state index contributed by atoms with van der Waals surface area (Å²) >= 11 is 0. The Morgan fingerprint density at radius 3 is 2.29 bits per heavy atom. The number of H-pyrrole nitrogens is 1. The number of carbonyl (C=O) groups excluding carboxylic acids is 3. The average molecular weight is 543 g/mol. The Kier molecular flexibility index (Phi) is 8.95. The van der Waals surface area contributed by atoms with Crippen LogP contribution in [-0.2, 0) is 19.5 Å². The van der Waals surface area contributed by atoms with Gasteiger partial charge in [-0.3, -0.25) is 9.52 Å². The van der Waals surface area contributed by atoms with Crippen molar-refractivity contribution in [3.05, 3.63) is 76.6 Å². The molecule has 3 aromatic rings. The number of ketones is 1. The number of anilines is 1. The summed E-state index contributed by atoms with van der Waals surface area (Å²) in [7, 11) is -3.93. The molecule has 0 saturated heterocycles. The molecular formula is C27H30N2O8S. The molecule has 1 aromatic heterocycles. The number of aromatic amines is 1. The van der Waals surface area contributed by atoms with E-state index in [1.54, 1.807) is 32.9 Å². The highest BCUT2D eigenvalue weighted by molar-refractivity contribution is 7.92. The largest absolute Gasteiger partial charge is 0.494 e. The molecule has 0 bridgehead atoms. The molecule has 2 N–H and O–H groups in total. The minimum atomic E-state index is -3.93. The van der Waals surface area contributed by atoms with E-state index in [0.717, 1.165) is 0 Å². The molecule has 0 aliphatic rings. The van der Waals surface area contributed by atoms with Gasteiger partial charge in [-0.15, -0.1) is 0 Å². The summed E-state index contributed by atoms with van der Waals surface area (Å²) in [6, 6.07) is 11.7. The smallest absolute Gasteiger partial charge is 0.340 e. The Bertz CT molecular complexity index is 1440. The van der Waals surface area contributed by atoms with Gasteiger partial charge in [-0.2, -0.15) is 0 Å². The van der Waals surface area contributed by atoms with Crippen molar-refractivity contribution in [1.82, 2.24) is 4.98 Å². The van der Waals surface area contributed by atoms with Gasteiger partial charge < -0.3 is 19.2 Å². The van der Waals surface area contributed by atoms with Gasteiger partial charge in [-0.1, -0.05) is 6.07 Å². The van der Waals surface area contributed by atoms with Gasteiger partial charge in [0.05, 0.1) is 34.9 Å². The molecule has 0 aliphatic heterocycles. The summed E-state index contributed by atoms with van der Waals surface area (Å²) in [5, 5.41) is 0. The molecule has 0 radical (unpaired) electrons. The maximum Gasteiger partial charge on any atom is 0.340 e. The summed E-state index contributed by atoms with van der Waals surface area (Å²) in [6.07, 6.45) is -1.18. The van der Waals surface area contributed by atoms with Gasteiger partial charge in [0.1, 0.15) is 5.75 Å². The molecule has 1 heterocycles. The normalized spacial score (nSPS) is 11.9. The highest BCUT2D eigenvalue weighted by Crippen LogP contribution is 2.23.